The lowest BCUT2D eigenvalue weighted by Crippen LogP contribution is -2.16. The Balaban J connectivity index is 1.59. The fourth-order valence-corrected chi connectivity index (χ4v) is 5.72. The van der Waals surface area contributed by atoms with Crippen LogP contribution in [0.3, 0.4) is 0 Å². The van der Waals surface area contributed by atoms with E-state index in [4.69, 9.17) is 69.6 Å². The number of halogens is 6. The Kier molecular flexibility index (Phi) is 17.8. The predicted octanol–water partition coefficient (Wildman–Crippen LogP) is 12.5. The third-order valence-corrected chi connectivity index (χ3v) is 8.63. The van der Waals surface area contributed by atoms with Crippen molar-refractivity contribution in [2.45, 2.75) is 122 Å². The third-order valence-electron chi connectivity index (χ3n) is 6.52. The minimum Gasteiger partial charge on any atom is -0.209 e. The molecule has 3 nitrogen and oxygen atoms in total. The maximum atomic E-state index is 5.97. The van der Waals surface area contributed by atoms with Crippen LogP contribution in [0, 0.1) is 0 Å². The molecule has 1 aromatic heterocycles. The van der Waals surface area contributed by atoms with Crippen molar-refractivity contribution in [2.75, 3.05) is 5.75 Å². The summed E-state index contributed by atoms with van der Waals surface area (Å²) < 4.78 is -3.74. The van der Waals surface area contributed by atoms with Crippen LogP contribution in [0.25, 0.3) is 11.4 Å². The van der Waals surface area contributed by atoms with Gasteiger partial charge in [-0.2, -0.15) is 0 Å². The summed E-state index contributed by atoms with van der Waals surface area (Å²) in [5.41, 5.74) is 0.718. The van der Waals surface area contributed by atoms with Crippen LogP contribution in [-0.4, -0.2) is 20.7 Å². The van der Waals surface area contributed by atoms with Gasteiger partial charge in [0.2, 0.25) is 7.59 Å². The minimum atomic E-state index is -1.87. The maximum absolute atomic E-state index is 5.97. The van der Waals surface area contributed by atoms with Gasteiger partial charge in [0.15, 0.2) is 17.5 Å². The van der Waals surface area contributed by atoms with Gasteiger partial charge in [-0.1, -0.05) is 185 Å². The van der Waals surface area contributed by atoms with Gasteiger partial charge in [-0.3, -0.25) is 0 Å². The normalized spacial score (nSPS) is 12.3. The quantitative estimate of drug-likeness (QED) is 0.0843. The summed E-state index contributed by atoms with van der Waals surface area (Å²) in [6.45, 7) is 2.28. The van der Waals surface area contributed by atoms with E-state index in [0.717, 1.165) is 11.3 Å². The molecule has 0 aliphatic rings. The predicted molar refractivity (Wildman–Crippen MR) is 174 cm³/mol. The molecular weight excluding hydrogens is 635 g/mol. The molecule has 0 N–H and O–H groups in total. The average molecular weight is 676 g/mol. The molecule has 39 heavy (non-hydrogen) atoms. The van der Waals surface area contributed by atoms with Crippen molar-refractivity contribution in [1.29, 1.82) is 0 Å². The molecule has 0 radical (unpaired) electrons. The van der Waals surface area contributed by atoms with Crippen molar-refractivity contribution in [3.63, 3.8) is 0 Å². The molecule has 0 aliphatic carbocycles. The van der Waals surface area contributed by atoms with Gasteiger partial charge in [0.1, 0.15) is 0 Å². The van der Waals surface area contributed by atoms with Crippen molar-refractivity contribution in [3.05, 3.63) is 35.9 Å². The summed E-state index contributed by atoms with van der Waals surface area (Å²) in [5.74, 6) is 1.18. The first-order chi connectivity index (χ1) is 18.6. The number of alkyl halides is 6. The topological polar surface area (TPSA) is 38.7 Å². The first kappa shape index (κ1) is 35.5. The third kappa shape index (κ3) is 15.4. The van der Waals surface area contributed by atoms with E-state index in [9.17, 15) is 0 Å². The van der Waals surface area contributed by atoms with Gasteiger partial charge >= 0.3 is 0 Å². The molecule has 0 saturated carbocycles. The first-order valence-corrected chi connectivity index (χ1v) is 17.5. The summed E-state index contributed by atoms with van der Waals surface area (Å²) in [7, 11) is 0. The van der Waals surface area contributed by atoms with Gasteiger partial charge < -0.3 is 0 Å². The molecule has 2 rings (SSSR count). The van der Waals surface area contributed by atoms with Gasteiger partial charge in [0, 0.05) is 10.5 Å². The largest absolute Gasteiger partial charge is 0.250 e. The van der Waals surface area contributed by atoms with Crippen LogP contribution in [0.5, 0.6) is 0 Å². The number of hydrogen-bond acceptors (Lipinski definition) is 4. The smallest absolute Gasteiger partial charge is 0.209 e. The molecule has 1 heterocycles. The van der Waals surface area contributed by atoms with Crippen LogP contribution in [-0.2, 0) is 7.59 Å². The molecule has 0 atom stereocenters. The second-order valence-electron chi connectivity index (χ2n) is 9.98. The van der Waals surface area contributed by atoms with Crippen LogP contribution in [0.1, 0.15) is 121 Å². The number of hydrogen-bond donors (Lipinski definition) is 0. The Morgan fingerprint density at radius 2 is 0.923 bits per heavy atom. The Morgan fingerprint density at radius 1 is 0.538 bits per heavy atom. The SMILES string of the molecule is CCCCCCCCCCCCCCCCCCSc1ccc(-c2nc(C(Cl)(Cl)Cl)nc(C(Cl)(Cl)Cl)n2)cc1. The summed E-state index contributed by atoms with van der Waals surface area (Å²) in [5, 5.41) is 0. The Hall–Kier alpha value is 0.320. The van der Waals surface area contributed by atoms with Crippen LogP contribution < -0.4 is 0 Å². The lowest BCUT2D eigenvalue weighted by atomic mass is 10.0. The van der Waals surface area contributed by atoms with Gasteiger partial charge in [0.05, 0.1) is 0 Å². The second kappa shape index (κ2) is 19.5. The van der Waals surface area contributed by atoms with E-state index in [1.165, 1.54) is 108 Å². The standard InChI is InChI=1S/C29H41Cl6N3S/c1-2-3-4-5-6-7-8-9-10-11-12-13-14-15-16-17-22-39-24-20-18-23(19-21-24)25-36-26(28(30,31)32)38-27(37-25)29(33,34)35/h18-21H,2-17,22H2,1H3. The molecule has 0 spiro atoms. The van der Waals surface area contributed by atoms with Crippen molar-refractivity contribution in [1.82, 2.24) is 15.0 Å². The van der Waals surface area contributed by atoms with E-state index in [-0.39, 0.29) is 17.5 Å². The molecule has 1 aromatic carbocycles. The van der Waals surface area contributed by atoms with E-state index in [1.807, 2.05) is 36.0 Å². The minimum absolute atomic E-state index is 0.0965. The molecule has 2 aromatic rings. The average Bonchev–Trinajstić information content (AvgIpc) is 2.89. The zero-order valence-electron chi connectivity index (χ0n) is 22.8. The summed E-state index contributed by atoms with van der Waals surface area (Å²) in [4.78, 5) is 13.7. The van der Waals surface area contributed by atoms with Crippen LogP contribution >= 0.6 is 81.4 Å². The number of thioether (sulfide) groups is 1. The van der Waals surface area contributed by atoms with E-state index >= 15 is 0 Å². The molecule has 0 fully saturated rings. The number of benzene rings is 1. The zero-order valence-corrected chi connectivity index (χ0v) is 28.2. The van der Waals surface area contributed by atoms with Crippen LogP contribution in [0.15, 0.2) is 29.2 Å². The number of rotatable bonds is 19. The molecular formula is C29H41Cl6N3S. The Bertz CT molecular complexity index is 900. The highest BCUT2D eigenvalue weighted by atomic mass is 35.6. The van der Waals surface area contributed by atoms with Crippen molar-refractivity contribution < 1.29 is 0 Å². The van der Waals surface area contributed by atoms with Crippen LogP contribution in [0.4, 0.5) is 0 Å². The Morgan fingerprint density at radius 3 is 1.31 bits per heavy atom. The number of aromatic nitrogens is 3. The highest BCUT2D eigenvalue weighted by molar-refractivity contribution is 7.99. The molecule has 0 bridgehead atoms. The van der Waals surface area contributed by atoms with E-state index < -0.39 is 7.59 Å². The molecule has 0 saturated heterocycles. The van der Waals surface area contributed by atoms with Crippen molar-refractivity contribution in [2.24, 2.45) is 0 Å². The first-order valence-electron chi connectivity index (χ1n) is 14.2. The number of nitrogens with zero attached hydrogens (tertiary/aromatic N) is 3. The zero-order chi connectivity index (χ0) is 28.6. The summed E-state index contributed by atoms with van der Waals surface area (Å²) in [6, 6.07) is 7.88. The van der Waals surface area contributed by atoms with Crippen molar-refractivity contribution in [3.8, 4) is 11.4 Å². The molecule has 0 aliphatic heterocycles. The van der Waals surface area contributed by atoms with E-state index in [0.29, 0.717) is 0 Å². The fraction of sp³-hybridized carbons (Fsp3) is 0.690. The van der Waals surface area contributed by atoms with Gasteiger partial charge in [-0.15, -0.1) is 11.8 Å². The lowest BCUT2D eigenvalue weighted by molar-refractivity contribution is 0.531. The van der Waals surface area contributed by atoms with E-state index in [1.54, 1.807) is 0 Å². The highest BCUT2D eigenvalue weighted by Gasteiger charge is 2.34. The van der Waals surface area contributed by atoms with Crippen LogP contribution in [0.2, 0.25) is 0 Å². The monoisotopic (exact) mass is 673 g/mol. The molecule has 0 unspecified atom stereocenters. The van der Waals surface area contributed by atoms with Crippen molar-refractivity contribution >= 4 is 81.4 Å². The van der Waals surface area contributed by atoms with Gasteiger partial charge in [-0.25, -0.2) is 15.0 Å². The summed E-state index contributed by atoms with van der Waals surface area (Å²) in [6.07, 6.45) is 22.1. The molecule has 0 amide bonds. The summed E-state index contributed by atoms with van der Waals surface area (Å²) >= 11 is 37.7. The van der Waals surface area contributed by atoms with Gasteiger partial charge in [0.25, 0.3) is 0 Å². The maximum Gasteiger partial charge on any atom is 0.250 e. The fourth-order valence-electron chi connectivity index (χ4n) is 4.30. The second-order valence-corrected chi connectivity index (χ2v) is 15.7. The number of unbranched alkanes of at least 4 members (excludes halogenated alkanes) is 15. The lowest BCUT2D eigenvalue weighted by Gasteiger charge is -2.15. The highest BCUT2D eigenvalue weighted by Crippen LogP contribution is 2.40. The molecule has 220 valence electrons. The Labute approximate surface area is 269 Å². The molecule has 10 heteroatoms. The van der Waals surface area contributed by atoms with E-state index in [2.05, 4.69) is 21.9 Å². The van der Waals surface area contributed by atoms with Gasteiger partial charge in [-0.05, 0) is 24.3 Å².